The summed E-state index contributed by atoms with van der Waals surface area (Å²) in [4.78, 5) is 93.4. The van der Waals surface area contributed by atoms with E-state index in [0.29, 0.717) is 55.3 Å². The van der Waals surface area contributed by atoms with Crippen molar-refractivity contribution in [2.24, 2.45) is 5.73 Å². The van der Waals surface area contributed by atoms with Crippen LogP contribution in [0, 0.1) is 13.8 Å². The third-order valence-electron chi connectivity index (χ3n) is 10.0. The lowest BCUT2D eigenvalue weighted by Gasteiger charge is -2.26. The largest absolute Gasteiger partial charge is 0.454 e. The average molecular weight is 814 g/mol. The highest BCUT2D eigenvalue weighted by Gasteiger charge is 2.36. The zero-order valence-corrected chi connectivity index (χ0v) is 34.1. The highest BCUT2D eigenvalue weighted by molar-refractivity contribution is 7.81. The van der Waals surface area contributed by atoms with Gasteiger partial charge in [-0.25, -0.2) is 4.79 Å². The average Bonchev–Trinajstić information content (AvgIpc) is 3.45. The number of carbonyl (C=O) groups is 7. The van der Waals surface area contributed by atoms with Crippen LogP contribution in [-0.4, -0.2) is 89.3 Å². The molecule has 1 fully saturated rings. The number of imide groups is 1. The number of nitrogens with one attached hydrogen (secondary N) is 3. The van der Waals surface area contributed by atoms with Crippen molar-refractivity contribution in [3.8, 4) is 0 Å². The molecule has 0 spiro atoms. The number of unbranched alkanes of at least 4 members (excludes halogenated alkanes) is 3. The Labute approximate surface area is 345 Å². The van der Waals surface area contributed by atoms with E-state index in [-0.39, 0.29) is 56.4 Å². The number of rotatable bonds is 23. The number of nitrogens with two attached hydrogens (primary N) is 1. The summed E-state index contributed by atoms with van der Waals surface area (Å²) in [5.74, 6) is -3.28. The van der Waals surface area contributed by atoms with Gasteiger partial charge in [-0.15, -0.1) is 0 Å². The zero-order valence-electron chi connectivity index (χ0n) is 33.2. The Morgan fingerprint density at radius 1 is 0.741 bits per heavy atom. The molecule has 0 radical (unpaired) electrons. The fourth-order valence-electron chi connectivity index (χ4n) is 6.81. The number of ketones is 1. The van der Waals surface area contributed by atoms with E-state index in [4.69, 9.17) is 10.5 Å². The first-order valence-corrected chi connectivity index (χ1v) is 20.4. The number of aryl methyl sites for hydroxylation is 2. The van der Waals surface area contributed by atoms with Crippen LogP contribution in [0.4, 0.5) is 0 Å². The first-order valence-electron chi connectivity index (χ1n) is 19.8. The monoisotopic (exact) mass is 813 g/mol. The summed E-state index contributed by atoms with van der Waals surface area (Å²) in [5.41, 5.74) is 9.06. The van der Waals surface area contributed by atoms with Gasteiger partial charge in [-0.2, -0.15) is 12.6 Å². The summed E-state index contributed by atoms with van der Waals surface area (Å²) < 4.78 is 5.44. The highest BCUT2D eigenvalue weighted by atomic mass is 32.1. The lowest BCUT2D eigenvalue weighted by atomic mass is 10.0. The van der Waals surface area contributed by atoms with Crippen LogP contribution in [0.5, 0.6) is 0 Å². The van der Waals surface area contributed by atoms with Gasteiger partial charge in [0.05, 0.1) is 16.9 Å². The zero-order chi connectivity index (χ0) is 42.0. The number of benzene rings is 3. The summed E-state index contributed by atoms with van der Waals surface area (Å²) in [6.45, 7) is 3.64. The molecule has 0 bridgehead atoms. The standard InChI is InChI=1S/C44H55N5O8S/c1-29-15-14-16-30(2)40(29)44(56)57-28-36(50)33(21-11-12-23-45)47-42(54)35(26-32-19-8-4-9-20-32)48-41(53)34(25-31-17-6-3-7-18-31)46-38(51)22-10-5-13-24-49-39(52)27-37(58)43(49)55/h3-4,6-9,14-20,33-35,37,58H,5,10-13,21-28,45H2,1-2H3,(H,46,51)(H,47,54)(H,48,53)/t33-,34-,35-,37?/m0/s1. The van der Waals surface area contributed by atoms with Gasteiger partial charge < -0.3 is 26.4 Å². The smallest absolute Gasteiger partial charge is 0.339 e. The topological polar surface area (TPSA) is 194 Å². The van der Waals surface area contributed by atoms with Gasteiger partial charge in [0.25, 0.3) is 0 Å². The fourth-order valence-corrected chi connectivity index (χ4v) is 7.11. The van der Waals surface area contributed by atoms with E-state index in [1.54, 1.807) is 26.0 Å². The van der Waals surface area contributed by atoms with Crippen molar-refractivity contribution < 1.29 is 38.3 Å². The van der Waals surface area contributed by atoms with Crippen molar-refractivity contribution in [1.82, 2.24) is 20.9 Å². The summed E-state index contributed by atoms with van der Waals surface area (Å²) in [7, 11) is 0. The summed E-state index contributed by atoms with van der Waals surface area (Å²) in [5, 5.41) is 7.89. The summed E-state index contributed by atoms with van der Waals surface area (Å²) >= 11 is 4.15. The van der Waals surface area contributed by atoms with Gasteiger partial charge in [-0.3, -0.25) is 33.7 Å². The molecule has 58 heavy (non-hydrogen) atoms. The Morgan fingerprint density at radius 3 is 1.86 bits per heavy atom. The van der Waals surface area contributed by atoms with Crippen LogP contribution < -0.4 is 21.7 Å². The molecule has 310 valence electrons. The molecule has 1 heterocycles. The number of thiol groups is 1. The van der Waals surface area contributed by atoms with E-state index in [2.05, 4.69) is 28.6 Å². The molecule has 1 saturated heterocycles. The molecular formula is C44H55N5O8S. The third-order valence-corrected chi connectivity index (χ3v) is 10.4. The molecule has 13 nitrogen and oxygen atoms in total. The van der Waals surface area contributed by atoms with Gasteiger partial charge in [0.1, 0.15) is 12.1 Å². The second-order valence-electron chi connectivity index (χ2n) is 14.6. The molecule has 0 saturated carbocycles. The van der Waals surface area contributed by atoms with Gasteiger partial charge in [0.15, 0.2) is 12.4 Å². The van der Waals surface area contributed by atoms with Crippen LogP contribution in [0.3, 0.4) is 0 Å². The quantitative estimate of drug-likeness (QED) is 0.0411. The molecule has 1 aliphatic rings. The van der Waals surface area contributed by atoms with Gasteiger partial charge in [0, 0.05) is 32.2 Å². The maximum absolute atomic E-state index is 14.1. The van der Waals surface area contributed by atoms with E-state index in [9.17, 15) is 33.6 Å². The minimum absolute atomic E-state index is 0.0857. The molecule has 4 atom stereocenters. The maximum atomic E-state index is 14.1. The van der Waals surface area contributed by atoms with Crippen LogP contribution in [0.15, 0.2) is 78.9 Å². The predicted octanol–water partition coefficient (Wildman–Crippen LogP) is 3.72. The summed E-state index contributed by atoms with van der Waals surface area (Å²) in [6, 6.07) is 20.4. The number of hydrogen-bond donors (Lipinski definition) is 5. The van der Waals surface area contributed by atoms with Crippen LogP contribution in [0.2, 0.25) is 0 Å². The van der Waals surface area contributed by atoms with Crippen LogP contribution in [-0.2, 0) is 46.3 Å². The normalized spacial score (nSPS) is 15.3. The van der Waals surface area contributed by atoms with E-state index < -0.39 is 53.5 Å². The Bertz CT molecular complexity index is 1870. The second kappa shape index (κ2) is 23.2. The van der Waals surface area contributed by atoms with Crippen LogP contribution in [0.25, 0.3) is 0 Å². The molecular weight excluding hydrogens is 759 g/mol. The lowest BCUT2D eigenvalue weighted by Crippen LogP contribution is -2.57. The number of esters is 1. The second-order valence-corrected chi connectivity index (χ2v) is 15.3. The van der Waals surface area contributed by atoms with Crippen molar-refractivity contribution in [3.63, 3.8) is 0 Å². The van der Waals surface area contributed by atoms with Gasteiger partial charge in [-0.1, -0.05) is 85.3 Å². The minimum atomic E-state index is -1.14. The molecule has 3 aromatic carbocycles. The molecule has 0 aliphatic carbocycles. The number of Topliss-reactive ketones (excluding diaryl/α,β-unsaturated/α-hetero) is 1. The molecule has 4 rings (SSSR count). The third kappa shape index (κ3) is 13.9. The van der Waals surface area contributed by atoms with E-state index >= 15 is 0 Å². The Kier molecular flexibility index (Phi) is 18.1. The van der Waals surface area contributed by atoms with E-state index in [1.807, 2.05) is 66.7 Å². The lowest BCUT2D eigenvalue weighted by molar-refractivity contribution is -0.138. The number of ether oxygens (including phenoxy) is 1. The maximum Gasteiger partial charge on any atom is 0.339 e. The Hall–Kier alpha value is -5.34. The molecule has 0 aromatic heterocycles. The number of likely N-dealkylation sites (tertiary alicyclic amines) is 1. The van der Waals surface area contributed by atoms with Gasteiger partial charge >= 0.3 is 5.97 Å². The first kappa shape index (κ1) is 45.4. The van der Waals surface area contributed by atoms with E-state index in [1.165, 1.54) is 4.90 Å². The van der Waals surface area contributed by atoms with Crippen molar-refractivity contribution in [3.05, 3.63) is 107 Å². The van der Waals surface area contributed by atoms with Crippen molar-refractivity contribution in [2.45, 2.75) is 101 Å². The summed E-state index contributed by atoms with van der Waals surface area (Å²) in [6.07, 6.45) is 3.34. The van der Waals surface area contributed by atoms with Crippen molar-refractivity contribution >= 4 is 53.9 Å². The van der Waals surface area contributed by atoms with Crippen LogP contribution in [0.1, 0.15) is 84.0 Å². The van der Waals surface area contributed by atoms with E-state index in [0.717, 1.165) is 11.1 Å². The SMILES string of the molecule is Cc1cccc(C)c1C(=O)OCC(=O)[C@H](CCCCN)NC(=O)[C@H](Cc1ccccc1)NC(=O)[C@H](Cc1ccccc1)NC(=O)CCCCCN1C(=O)CC(S)C1=O. The molecule has 1 aliphatic heterocycles. The molecule has 14 heteroatoms. The predicted molar refractivity (Wildman–Crippen MR) is 223 cm³/mol. The highest BCUT2D eigenvalue weighted by Crippen LogP contribution is 2.19. The van der Waals surface area contributed by atoms with Crippen molar-refractivity contribution in [2.75, 3.05) is 19.7 Å². The molecule has 5 amide bonds. The number of carbonyl (C=O) groups excluding carboxylic acids is 7. The van der Waals surface area contributed by atoms with Crippen molar-refractivity contribution in [1.29, 1.82) is 0 Å². The Balaban J connectivity index is 1.45. The molecule has 1 unspecified atom stereocenters. The fraction of sp³-hybridized carbons (Fsp3) is 0.432. The van der Waals surface area contributed by atoms with Gasteiger partial charge in [0.2, 0.25) is 29.5 Å². The number of hydrogen-bond acceptors (Lipinski definition) is 10. The minimum Gasteiger partial charge on any atom is -0.454 e. The number of nitrogens with zero attached hydrogens (tertiary/aromatic N) is 1. The first-order chi connectivity index (χ1) is 27.9. The molecule has 3 aromatic rings. The molecule has 5 N–H and O–H groups in total. The van der Waals surface area contributed by atoms with Gasteiger partial charge in [-0.05, 0) is 74.8 Å². The van der Waals surface area contributed by atoms with Crippen LogP contribution >= 0.6 is 12.6 Å². The number of amides is 5. The Morgan fingerprint density at radius 2 is 1.31 bits per heavy atom.